The molecule has 7 heteroatoms. The SMILES string of the molecule is CCOc1ccc(/C=C/C(=O)OCC(=O)Nc2c(C)nn(-c3ccccc3)c2C)cc1. The van der Waals surface area contributed by atoms with Crippen molar-refractivity contribution in [2.75, 3.05) is 18.5 Å². The van der Waals surface area contributed by atoms with Gasteiger partial charge in [0.1, 0.15) is 5.75 Å². The third kappa shape index (κ3) is 5.82. The molecule has 1 heterocycles. The fraction of sp³-hybridized carbons (Fsp3) is 0.208. The van der Waals surface area contributed by atoms with E-state index in [4.69, 9.17) is 9.47 Å². The number of carbonyl (C=O) groups is 2. The molecule has 0 aliphatic heterocycles. The lowest BCUT2D eigenvalue weighted by atomic mass is 10.2. The summed E-state index contributed by atoms with van der Waals surface area (Å²) < 4.78 is 12.2. The minimum absolute atomic E-state index is 0.387. The van der Waals surface area contributed by atoms with Crippen molar-refractivity contribution >= 4 is 23.6 Å². The van der Waals surface area contributed by atoms with Gasteiger partial charge in [0.2, 0.25) is 0 Å². The predicted octanol–water partition coefficient (Wildman–Crippen LogP) is 4.08. The van der Waals surface area contributed by atoms with Crippen LogP contribution in [0.1, 0.15) is 23.9 Å². The van der Waals surface area contributed by atoms with E-state index in [1.165, 1.54) is 6.08 Å². The van der Waals surface area contributed by atoms with Crippen molar-refractivity contribution in [1.29, 1.82) is 0 Å². The van der Waals surface area contributed by atoms with Crippen molar-refractivity contribution < 1.29 is 19.1 Å². The number of benzene rings is 2. The van der Waals surface area contributed by atoms with Crippen LogP contribution in [0.3, 0.4) is 0 Å². The number of nitrogens with zero attached hydrogens (tertiary/aromatic N) is 2. The lowest BCUT2D eigenvalue weighted by Gasteiger charge is -2.07. The van der Waals surface area contributed by atoms with E-state index < -0.39 is 11.9 Å². The zero-order chi connectivity index (χ0) is 22.2. The van der Waals surface area contributed by atoms with Crippen molar-refractivity contribution in [2.45, 2.75) is 20.8 Å². The minimum atomic E-state index is -0.600. The third-order valence-corrected chi connectivity index (χ3v) is 4.50. The summed E-state index contributed by atoms with van der Waals surface area (Å²) in [6.07, 6.45) is 2.90. The third-order valence-electron chi connectivity index (χ3n) is 4.50. The number of anilines is 1. The lowest BCUT2D eigenvalue weighted by Crippen LogP contribution is -2.20. The van der Waals surface area contributed by atoms with Crippen LogP contribution < -0.4 is 10.1 Å². The van der Waals surface area contributed by atoms with Crippen LogP contribution in [-0.4, -0.2) is 34.9 Å². The first-order valence-corrected chi connectivity index (χ1v) is 9.97. The van der Waals surface area contributed by atoms with Gasteiger partial charge >= 0.3 is 5.97 Å². The van der Waals surface area contributed by atoms with Gasteiger partial charge in [-0.15, -0.1) is 0 Å². The molecule has 0 unspecified atom stereocenters. The van der Waals surface area contributed by atoms with Crippen LogP contribution in [0.2, 0.25) is 0 Å². The molecule has 0 bridgehead atoms. The van der Waals surface area contributed by atoms with E-state index in [9.17, 15) is 9.59 Å². The molecule has 0 saturated heterocycles. The van der Waals surface area contributed by atoms with Crippen LogP contribution in [0, 0.1) is 13.8 Å². The van der Waals surface area contributed by atoms with E-state index in [-0.39, 0.29) is 6.61 Å². The summed E-state index contributed by atoms with van der Waals surface area (Å²) in [5.41, 5.74) is 3.80. The average molecular weight is 419 g/mol. The second kappa shape index (κ2) is 10.2. The first-order chi connectivity index (χ1) is 15.0. The molecular weight excluding hydrogens is 394 g/mol. The summed E-state index contributed by atoms with van der Waals surface area (Å²) in [6.45, 7) is 5.80. The van der Waals surface area contributed by atoms with Crippen molar-refractivity contribution in [3.63, 3.8) is 0 Å². The second-order valence-corrected chi connectivity index (χ2v) is 6.78. The van der Waals surface area contributed by atoms with Gasteiger partial charge in [-0.3, -0.25) is 4.79 Å². The summed E-state index contributed by atoms with van der Waals surface area (Å²) in [4.78, 5) is 24.2. The molecule has 31 heavy (non-hydrogen) atoms. The fourth-order valence-electron chi connectivity index (χ4n) is 3.01. The highest BCUT2D eigenvalue weighted by molar-refractivity contribution is 5.95. The largest absolute Gasteiger partial charge is 0.494 e. The van der Waals surface area contributed by atoms with E-state index in [0.29, 0.717) is 18.0 Å². The maximum atomic E-state index is 12.3. The van der Waals surface area contributed by atoms with Crippen LogP contribution in [-0.2, 0) is 14.3 Å². The number of ether oxygens (including phenoxy) is 2. The minimum Gasteiger partial charge on any atom is -0.494 e. The number of aryl methyl sites for hydroxylation is 1. The molecule has 0 spiro atoms. The number of hydrogen-bond donors (Lipinski definition) is 1. The Bertz CT molecular complexity index is 1070. The molecule has 0 atom stereocenters. The molecule has 1 N–H and O–H groups in total. The maximum absolute atomic E-state index is 12.3. The first-order valence-electron chi connectivity index (χ1n) is 9.97. The Morgan fingerprint density at radius 2 is 1.77 bits per heavy atom. The number of esters is 1. The first kappa shape index (κ1) is 21.8. The number of hydrogen-bond acceptors (Lipinski definition) is 5. The highest BCUT2D eigenvalue weighted by atomic mass is 16.5. The zero-order valence-corrected chi connectivity index (χ0v) is 17.8. The molecule has 3 aromatic rings. The number of amides is 1. The van der Waals surface area contributed by atoms with Gasteiger partial charge in [0.05, 0.1) is 29.4 Å². The number of rotatable bonds is 8. The number of carbonyl (C=O) groups excluding carboxylic acids is 2. The summed E-state index contributed by atoms with van der Waals surface area (Å²) in [7, 11) is 0. The molecular formula is C24H25N3O4. The Labute approximate surface area is 181 Å². The zero-order valence-electron chi connectivity index (χ0n) is 17.8. The van der Waals surface area contributed by atoms with Gasteiger partial charge in [0.25, 0.3) is 5.91 Å². The van der Waals surface area contributed by atoms with Crippen LogP contribution >= 0.6 is 0 Å². The normalized spacial score (nSPS) is 10.8. The molecule has 0 fully saturated rings. The maximum Gasteiger partial charge on any atom is 0.331 e. The van der Waals surface area contributed by atoms with Crippen molar-refractivity contribution in [3.8, 4) is 11.4 Å². The Morgan fingerprint density at radius 1 is 1.06 bits per heavy atom. The van der Waals surface area contributed by atoms with E-state index >= 15 is 0 Å². The second-order valence-electron chi connectivity index (χ2n) is 6.78. The van der Waals surface area contributed by atoms with Gasteiger partial charge < -0.3 is 14.8 Å². The molecule has 0 radical (unpaired) electrons. The Kier molecular flexibility index (Phi) is 7.22. The topological polar surface area (TPSA) is 82.4 Å². The Morgan fingerprint density at radius 3 is 2.45 bits per heavy atom. The quantitative estimate of drug-likeness (QED) is 0.439. The van der Waals surface area contributed by atoms with E-state index in [2.05, 4.69) is 10.4 Å². The van der Waals surface area contributed by atoms with E-state index in [1.807, 2.05) is 75.4 Å². The van der Waals surface area contributed by atoms with Gasteiger partial charge in [-0.2, -0.15) is 5.10 Å². The van der Waals surface area contributed by atoms with Crippen LogP contribution in [0.15, 0.2) is 60.7 Å². The predicted molar refractivity (Wildman–Crippen MR) is 119 cm³/mol. The number of aromatic nitrogens is 2. The fourth-order valence-corrected chi connectivity index (χ4v) is 3.01. The molecule has 0 saturated carbocycles. The van der Waals surface area contributed by atoms with E-state index in [0.717, 1.165) is 22.7 Å². The lowest BCUT2D eigenvalue weighted by molar-refractivity contribution is -0.142. The molecule has 3 rings (SSSR count). The van der Waals surface area contributed by atoms with Gasteiger partial charge in [0.15, 0.2) is 6.61 Å². The summed E-state index contributed by atoms with van der Waals surface area (Å²) in [5, 5.41) is 7.26. The van der Waals surface area contributed by atoms with Crippen molar-refractivity contribution in [3.05, 3.63) is 77.6 Å². The molecule has 1 amide bonds. The van der Waals surface area contributed by atoms with Gasteiger partial charge in [-0.1, -0.05) is 30.3 Å². The summed E-state index contributed by atoms with van der Waals surface area (Å²) >= 11 is 0. The van der Waals surface area contributed by atoms with Gasteiger partial charge in [-0.05, 0) is 56.7 Å². The average Bonchev–Trinajstić information content (AvgIpc) is 3.06. The number of para-hydroxylation sites is 1. The molecule has 0 aliphatic rings. The molecule has 2 aromatic carbocycles. The highest BCUT2D eigenvalue weighted by Crippen LogP contribution is 2.22. The smallest absolute Gasteiger partial charge is 0.331 e. The van der Waals surface area contributed by atoms with Crippen LogP contribution in [0.5, 0.6) is 5.75 Å². The van der Waals surface area contributed by atoms with Gasteiger partial charge in [-0.25, -0.2) is 9.48 Å². The van der Waals surface area contributed by atoms with Gasteiger partial charge in [0, 0.05) is 6.08 Å². The standard InChI is InChI=1S/C24H25N3O4/c1-4-30-21-13-10-19(11-14-21)12-15-23(29)31-16-22(28)25-24-17(2)26-27(18(24)3)20-8-6-5-7-9-20/h5-15H,4,16H2,1-3H3,(H,25,28)/b15-12+. The highest BCUT2D eigenvalue weighted by Gasteiger charge is 2.15. The van der Waals surface area contributed by atoms with Crippen LogP contribution in [0.25, 0.3) is 11.8 Å². The molecule has 1 aromatic heterocycles. The molecule has 160 valence electrons. The monoisotopic (exact) mass is 419 g/mol. The number of nitrogens with one attached hydrogen (secondary N) is 1. The van der Waals surface area contributed by atoms with Crippen molar-refractivity contribution in [2.24, 2.45) is 0 Å². The summed E-state index contributed by atoms with van der Waals surface area (Å²) in [6, 6.07) is 16.9. The Hall–Kier alpha value is -3.87. The molecule has 7 nitrogen and oxygen atoms in total. The molecule has 0 aliphatic carbocycles. The van der Waals surface area contributed by atoms with E-state index in [1.54, 1.807) is 10.8 Å². The van der Waals surface area contributed by atoms with Crippen LogP contribution in [0.4, 0.5) is 5.69 Å². The Balaban J connectivity index is 1.54. The van der Waals surface area contributed by atoms with Crippen molar-refractivity contribution in [1.82, 2.24) is 9.78 Å². The summed E-state index contributed by atoms with van der Waals surface area (Å²) in [5.74, 6) is -0.265.